The molecule has 1 saturated heterocycles. The number of phenols is 3. The van der Waals surface area contributed by atoms with Crippen LogP contribution in [0.2, 0.25) is 0 Å². The third-order valence-electron chi connectivity index (χ3n) is 5.92. The summed E-state index contributed by atoms with van der Waals surface area (Å²) in [6.45, 7) is -0.483. The van der Waals surface area contributed by atoms with Crippen LogP contribution in [0.3, 0.4) is 0 Å². The van der Waals surface area contributed by atoms with E-state index in [9.17, 15) is 35.1 Å². The minimum Gasteiger partial charge on any atom is -0.504 e. The van der Waals surface area contributed by atoms with Crippen molar-refractivity contribution >= 4 is 18.0 Å². The molecule has 2 aliphatic heterocycles. The minimum atomic E-state index is -1.64. The molecule has 0 aromatic heterocycles. The first-order chi connectivity index (χ1) is 17.2. The molecule has 0 aliphatic carbocycles. The van der Waals surface area contributed by atoms with Crippen molar-refractivity contribution in [2.24, 2.45) is 0 Å². The molecular weight excluding hydrogens is 480 g/mol. The summed E-state index contributed by atoms with van der Waals surface area (Å²) in [6.07, 6.45) is -4.59. The molecule has 0 radical (unpaired) electrons. The molecule has 36 heavy (non-hydrogen) atoms. The molecule has 192 valence electrons. The molecule has 2 heterocycles. The molecule has 4 rings (SSSR count). The van der Waals surface area contributed by atoms with E-state index in [1.54, 1.807) is 6.07 Å². The summed E-state index contributed by atoms with van der Waals surface area (Å²) >= 11 is 0. The van der Waals surface area contributed by atoms with Crippen molar-refractivity contribution in [2.45, 2.75) is 30.5 Å². The number of methoxy groups -OCH3 is 2. The second kappa shape index (κ2) is 9.93. The van der Waals surface area contributed by atoms with Crippen LogP contribution in [-0.2, 0) is 19.0 Å². The molecule has 1 fully saturated rings. The Morgan fingerprint density at radius 3 is 2.50 bits per heavy atom. The molecule has 2 aliphatic rings. The van der Waals surface area contributed by atoms with E-state index in [0.29, 0.717) is 5.56 Å². The summed E-state index contributed by atoms with van der Waals surface area (Å²) in [5, 5.41) is 51.4. The van der Waals surface area contributed by atoms with Crippen LogP contribution in [0.25, 0.3) is 6.08 Å². The number of phenolic OH excluding ortho intramolecular Hbond substituents is 3. The predicted octanol–water partition coefficient (Wildman–Crippen LogP) is 0.778. The Kier molecular flexibility index (Phi) is 6.93. The Labute approximate surface area is 204 Å². The van der Waals surface area contributed by atoms with E-state index in [1.165, 1.54) is 32.4 Å². The number of carbonyl (C=O) groups excluding carboxylic acids is 2. The fourth-order valence-electron chi connectivity index (χ4n) is 4.11. The highest BCUT2D eigenvalue weighted by Gasteiger charge is 2.52. The van der Waals surface area contributed by atoms with Crippen LogP contribution in [0, 0.1) is 0 Å². The van der Waals surface area contributed by atoms with E-state index in [2.05, 4.69) is 0 Å². The topological polar surface area (TPSA) is 181 Å². The van der Waals surface area contributed by atoms with Crippen molar-refractivity contribution in [3.05, 3.63) is 47.0 Å². The third kappa shape index (κ3) is 4.49. The molecule has 12 heteroatoms. The lowest BCUT2D eigenvalue weighted by molar-refractivity contribution is -0.237. The van der Waals surface area contributed by atoms with Gasteiger partial charge in [0, 0.05) is 11.6 Å². The maximum Gasteiger partial charge on any atom is 0.339 e. The lowest BCUT2D eigenvalue weighted by Gasteiger charge is -2.44. The van der Waals surface area contributed by atoms with Gasteiger partial charge in [0.25, 0.3) is 0 Å². The standard InChI is InChI=1S/C24H24O12/c1-32-14-7-10(3-5-12(14)25)4-6-16(27)34-9-15-18(28)20(30)23-22(35-15)17-11(24(31)36-23)8-13(26)21(33-2)19(17)29/h3-8,15,18,20,22-23,25-26,28-30H,9H2,1-2H3/t15-,18-,20+,22+,23-/m1/s1. The molecular formula is C24H24O12. The number of aliphatic hydroxyl groups excluding tert-OH is 2. The van der Waals surface area contributed by atoms with E-state index >= 15 is 0 Å². The average Bonchev–Trinajstić information content (AvgIpc) is 2.85. The molecule has 12 nitrogen and oxygen atoms in total. The van der Waals surface area contributed by atoms with Gasteiger partial charge >= 0.3 is 11.9 Å². The number of benzene rings is 2. The number of rotatable bonds is 6. The summed E-state index contributed by atoms with van der Waals surface area (Å²) in [5.74, 6) is -3.00. The average molecular weight is 504 g/mol. The minimum absolute atomic E-state index is 0.0636. The monoisotopic (exact) mass is 504 g/mol. The fourth-order valence-corrected chi connectivity index (χ4v) is 4.11. The maximum atomic E-state index is 12.4. The Hall–Kier alpha value is -4.00. The summed E-state index contributed by atoms with van der Waals surface area (Å²) in [7, 11) is 2.58. The Bertz CT molecular complexity index is 1210. The van der Waals surface area contributed by atoms with Gasteiger partial charge < -0.3 is 49.2 Å². The van der Waals surface area contributed by atoms with Crippen molar-refractivity contribution in [1.29, 1.82) is 0 Å². The molecule has 0 amide bonds. The SMILES string of the molecule is COc1cc(C=CC(=O)OC[C@H]2O[C@H]3c4c(cc(O)c(OC)c4O)C(=O)O[C@@H]3[C@@H](O)[C@@H]2O)ccc1O. The Morgan fingerprint density at radius 1 is 1.06 bits per heavy atom. The van der Waals surface area contributed by atoms with Gasteiger partial charge in [0.15, 0.2) is 29.1 Å². The summed E-state index contributed by atoms with van der Waals surface area (Å²) in [4.78, 5) is 24.6. The van der Waals surface area contributed by atoms with Crippen molar-refractivity contribution in [3.8, 4) is 28.7 Å². The zero-order valence-electron chi connectivity index (χ0n) is 19.2. The lowest BCUT2D eigenvalue weighted by Crippen LogP contribution is -2.58. The first-order valence-electron chi connectivity index (χ1n) is 10.7. The summed E-state index contributed by atoms with van der Waals surface area (Å²) < 4.78 is 26.1. The summed E-state index contributed by atoms with van der Waals surface area (Å²) in [6, 6.07) is 5.48. The molecule has 5 atom stereocenters. The number of hydrogen-bond donors (Lipinski definition) is 5. The molecule has 5 N–H and O–H groups in total. The number of aromatic hydroxyl groups is 3. The van der Waals surface area contributed by atoms with Crippen LogP contribution < -0.4 is 9.47 Å². The van der Waals surface area contributed by atoms with Crippen molar-refractivity contribution in [2.75, 3.05) is 20.8 Å². The van der Waals surface area contributed by atoms with Gasteiger partial charge in [-0.1, -0.05) is 6.07 Å². The van der Waals surface area contributed by atoms with Crippen LogP contribution in [0.4, 0.5) is 0 Å². The molecule has 0 spiro atoms. The molecule has 0 bridgehead atoms. The number of hydrogen-bond acceptors (Lipinski definition) is 12. The molecule has 0 saturated carbocycles. The number of aliphatic hydroxyl groups is 2. The van der Waals surface area contributed by atoms with Crippen LogP contribution in [0.15, 0.2) is 30.3 Å². The van der Waals surface area contributed by atoms with E-state index < -0.39 is 60.6 Å². The van der Waals surface area contributed by atoms with Gasteiger partial charge in [0.2, 0.25) is 5.75 Å². The zero-order valence-corrected chi connectivity index (χ0v) is 19.2. The number of esters is 2. The van der Waals surface area contributed by atoms with E-state index in [4.69, 9.17) is 23.7 Å². The second-order valence-electron chi connectivity index (χ2n) is 8.08. The fraction of sp³-hybridized carbons (Fsp3) is 0.333. The van der Waals surface area contributed by atoms with Crippen molar-refractivity contribution in [3.63, 3.8) is 0 Å². The van der Waals surface area contributed by atoms with Crippen LogP contribution in [0.5, 0.6) is 28.7 Å². The summed E-state index contributed by atoms with van der Waals surface area (Å²) in [5.41, 5.74) is 0.232. The van der Waals surface area contributed by atoms with E-state index in [1.807, 2.05) is 0 Å². The van der Waals surface area contributed by atoms with E-state index in [0.717, 1.165) is 12.1 Å². The molecule has 0 unspecified atom stereocenters. The van der Waals surface area contributed by atoms with Gasteiger partial charge in [-0.25, -0.2) is 9.59 Å². The van der Waals surface area contributed by atoms with Gasteiger partial charge in [-0.3, -0.25) is 0 Å². The van der Waals surface area contributed by atoms with Crippen LogP contribution in [0.1, 0.15) is 27.6 Å². The van der Waals surface area contributed by atoms with Gasteiger partial charge in [-0.15, -0.1) is 0 Å². The maximum absolute atomic E-state index is 12.4. The molecule has 2 aromatic carbocycles. The van der Waals surface area contributed by atoms with Gasteiger partial charge in [0.05, 0.1) is 19.8 Å². The zero-order chi connectivity index (χ0) is 26.1. The quantitative estimate of drug-likeness (QED) is 0.276. The lowest BCUT2D eigenvalue weighted by atomic mass is 9.86. The number of fused-ring (bicyclic) bond motifs is 3. The highest BCUT2D eigenvalue weighted by molar-refractivity contribution is 5.95. The van der Waals surface area contributed by atoms with Gasteiger partial charge in [-0.05, 0) is 29.8 Å². The normalized spacial score (nSPS) is 25.0. The first-order valence-corrected chi connectivity index (χ1v) is 10.7. The van der Waals surface area contributed by atoms with Gasteiger partial charge in [0.1, 0.15) is 31.0 Å². The largest absolute Gasteiger partial charge is 0.504 e. The third-order valence-corrected chi connectivity index (χ3v) is 5.92. The number of ether oxygens (including phenoxy) is 5. The van der Waals surface area contributed by atoms with Gasteiger partial charge in [-0.2, -0.15) is 0 Å². The molecule has 2 aromatic rings. The van der Waals surface area contributed by atoms with Crippen molar-refractivity contribution in [1.82, 2.24) is 0 Å². The van der Waals surface area contributed by atoms with Crippen molar-refractivity contribution < 1.29 is 58.8 Å². The highest BCUT2D eigenvalue weighted by atomic mass is 16.6. The first kappa shape index (κ1) is 25.1. The van der Waals surface area contributed by atoms with Crippen LogP contribution >= 0.6 is 0 Å². The van der Waals surface area contributed by atoms with E-state index in [-0.39, 0.29) is 28.4 Å². The number of carbonyl (C=O) groups is 2. The smallest absolute Gasteiger partial charge is 0.339 e. The predicted molar refractivity (Wildman–Crippen MR) is 120 cm³/mol. The Balaban J connectivity index is 1.51. The highest BCUT2D eigenvalue weighted by Crippen LogP contribution is 2.49. The Morgan fingerprint density at radius 2 is 1.81 bits per heavy atom. The van der Waals surface area contributed by atoms with Crippen LogP contribution in [-0.4, -0.2) is 82.7 Å². The second-order valence-corrected chi connectivity index (χ2v) is 8.08.